The number of rotatable bonds is 7. The predicted octanol–water partition coefficient (Wildman–Crippen LogP) is 4.95. The molecule has 1 aromatic heterocycles. The van der Waals surface area contributed by atoms with Crippen molar-refractivity contribution in [3.05, 3.63) is 113 Å². The Labute approximate surface area is 218 Å². The zero-order valence-corrected chi connectivity index (χ0v) is 20.7. The van der Waals surface area contributed by atoms with Crippen LogP contribution in [0.3, 0.4) is 0 Å². The van der Waals surface area contributed by atoms with E-state index in [0.29, 0.717) is 39.1 Å². The molecular weight excluding hydrogens is 487 g/mol. The van der Waals surface area contributed by atoms with Crippen molar-refractivity contribution in [3.63, 3.8) is 0 Å². The molecule has 0 fully saturated rings. The molecule has 0 spiro atoms. The molecule has 2 amide bonds. The highest BCUT2D eigenvalue weighted by molar-refractivity contribution is 6.06. The number of benzene rings is 3. The first-order valence-electron chi connectivity index (χ1n) is 11.7. The topological polar surface area (TPSA) is 123 Å². The Morgan fingerprint density at radius 2 is 1.71 bits per heavy atom. The van der Waals surface area contributed by atoms with E-state index in [-0.39, 0.29) is 18.1 Å². The monoisotopic (exact) mass is 512 g/mol. The molecule has 0 saturated carbocycles. The Morgan fingerprint density at radius 1 is 0.947 bits per heavy atom. The van der Waals surface area contributed by atoms with Crippen LogP contribution in [0.1, 0.15) is 42.2 Å². The molecule has 0 radical (unpaired) electrons. The summed E-state index contributed by atoms with van der Waals surface area (Å²) in [6.45, 7) is 1.96. The minimum atomic E-state index is -0.645. The van der Waals surface area contributed by atoms with Gasteiger partial charge in [0.25, 0.3) is 11.8 Å². The first-order chi connectivity index (χ1) is 18.3. The van der Waals surface area contributed by atoms with Gasteiger partial charge in [-0.15, -0.1) is 0 Å². The number of carbonyl (C=O) groups is 3. The van der Waals surface area contributed by atoms with Crippen molar-refractivity contribution in [1.82, 2.24) is 4.98 Å². The summed E-state index contributed by atoms with van der Waals surface area (Å²) in [5.41, 5.74) is 10.4. The van der Waals surface area contributed by atoms with Crippen molar-refractivity contribution < 1.29 is 23.5 Å². The summed E-state index contributed by atoms with van der Waals surface area (Å²) < 4.78 is 18.7. The summed E-state index contributed by atoms with van der Waals surface area (Å²) in [5.74, 6) is -1.95. The third-order valence-electron chi connectivity index (χ3n) is 5.94. The van der Waals surface area contributed by atoms with Crippen LogP contribution in [0.15, 0.2) is 79.1 Å². The van der Waals surface area contributed by atoms with Crippen LogP contribution < -0.4 is 16.4 Å². The number of methoxy groups -OCH3 is 1. The maximum absolute atomic E-state index is 13.9. The molecule has 4 N–H and O–H groups in total. The summed E-state index contributed by atoms with van der Waals surface area (Å²) in [6, 6.07) is 18.2. The van der Waals surface area contributed by atoms with E-state index in [0.717, 1.165) is 11.8 Å². The SMILES string of the molecule is COC(=O)c1ccc(NC(=O)c2cccc(-c3cc(C(=O)Nc4ccncc4F)ccc3CN)c2)cc1C. The Hall–Kier alpha value is -4.89. The predicted molar refractivity (Wildman–Crippen MR) is 142 cm³/mol. The minimum Gasteiger partial charge on any atom is -0.465 e. The van der Waals surface area contributed by atoms with E-state index in [9.17, 15) is 18.8 Å². The number of esters is 1. The Bertz CT molecular complexity index is 1540. The van der Waals surface area contributed by atoms with Gasteiger partial charge in [-0.05, 0) is 77.7 Å². The van der Waals surface area contributed by atoms with Gasteiger partial charge in [-0.2, -0.15) is 0 Å². The third kappa shape index (κ3) is 5.74. The quantitative estimate of drug-likeness (QED) is 0.301. The van der Waals surface area contributed by atoms with Gasteiger partial charge in [0.2, 0.25) is 0 Å². The molecule has 9 heteroatoms. The number of pyridine rings is 1. The molecule has 0 unspecified atom stereocenters. The van der Waals surface area contributed by atoms with Gasteiger partial charge in [-0.1, -0.05) is 18.2 Å². The lowest BCUT2D eigenvalue weighted by atomic mass is 9.95. The van der Waals surface area contributed by atoms with E-state index in [1.165, 1.54) is 19.4 Å². The molecule has 0 aliphatic heterocycles. The highest BCUT2D eigenvalue weighted by Gasteiger charge is 2.15. The van der Waals surface area contributed by atoms with E-state index >= 15 is 0 Å². The van der Waals surface area contributed by atoms with Gasteiger partial charge < -0.3 is 21.1 Å². The number of nitrogens with two attached hydrogens (primary N) is 1. The molecule has 0 saturated heterocycles. The van der Waals surface area contributed by atoms with Crippen LogP contribution in [0.5, 0.6) is 0 Å². The van der Waals surface area contributed by atoms with Gasteiger partial charge >= 0.3 is 5.97 Å². The fraction of sp³-hybridized carbons (Fsp3) is 0.103. The number of aromatic nitrogens is 1. The lowest BCUT2D eigenvalue weighted by Gasteiger charge is -2.13. The molecule has 192 valence electrons. The Kier molecular flexibility index (Phi) is 7.88. The normalized spacial score (nSPS) is 10.5. The number of ether oxygens (including phenoxy) is 1. The van der Waals surface area contributed by atoms with Gasteiger partial charge in [0.05, 0.1) is 24.6 Å². The maximum Gasteiger partial charge on any atom is 0.338 e. The number of anilines is 2. The van der Waals surface area contributed by atoms with Crippen molar-refractivity contribution in [2.75, 3.05) is 17.7 Å². The Balaban J connectivity index is 1.59. The number of hydrogen-bond acceptors (Lipinski definition) is 6. The number of nitrogens with zero attached hydrogens (tertiary/aromatic N) is 1. The zero-order valence-electron chi connectivity index (χ0n) is 20.7. The first-order valence-corrected chi connectivity index (χ1v) is 11.7. The molecule has 0 atom stereocenters. The van der Waals surface area contributed by atoms with Crippen LogP contribution in [-0.2, 0) is 11.3 Å². The van der Waals surface area contributed by atoms with Gasteiger partial charge in [0.1, 0.15) is 0 Å². The summed E-state index contributed by atoms with van der Waals surface area (Å²) >= 11 is 0. The highest BCUT2D eigenvalue weighted by atomic mass is 19.1. The van der Waals surface area contributed by atoms with Gasteiger partial charge in [-0.25, -0.2) is 9.18 Å². The molecular formula is C29H25FN4O4. The van der Waals surface area contributed by atoms with E-state index in [1.807, 2.05) is 6.07 Å². The fourth-order valence-corrected chi connectivity index (χ4v) is 3.95. The zero-order chi connectivity index (χ0) is 27.2. The lowest BCUT2D eigenvalue weighted by Crippen LogP contribution is -2.14. The standard InChI is InChI=1S/C29H25FN4O4/c1-17-12-22(8-9-23(17)29(37)38-2)33-27(35)19-5-3-4-18(13-19)24-14-20(6-7-21(24)15-31)28(36)34-26-10-11-32-16-25(26)30/h3-14,16H,15,31H2,1-2H3,(H,33,35)(H,32,34,36). The van der Waals surface area contributed by atoms with Crippen LogP contribution in [0.2, 0.25) is 0 Å². The third-order valence-corrected chi connectivity index (χ3v) is 5.94. The van der Waals surface area contributed by atoms with Crippen molar-refractivity contribution in [2.45, 2.75) is 13.5 Å². The summed E-state index contributed by atoms with van der Waals surface area (Å²) in [6.07, 6.45) is 2.40. The van der Waals surface area contributed by atoms with Crippen molar-refractivity contribution in [1.29, 1.82) is 0 Å². The number of nitrogens with one attached hydrogen (secondary N) is 2. The van der Waals surface area contributed by atoms with Crippen molar-refractivity contribution in [2.24, 2.45) is 5.73 Å². The molecule has 0 aliphatic rings. The smallest absolute Gasteiger partial charge is 0.338 e. The average molecular weight is 513 g/mol. The van der Waals surface area contributed by atoms with E-state index < -0.39 is 17.7 Å². The molecule has 0 aliphatic carbocycles. The second kappa shape index (κ2) is 11.4. The van der Waals surface area contributed by atoms with Crippen LogP contribution in [0, 0.1) is 12.7 Å². The first kappa shape index (κ1) is 26.2. The average Bonchev–Trinajstić information content (AvgIpc) is 2.93. The minimum absolute atomic E-state index is 0.0166. The van der Waals surface area contributed by atoms with Crippen molar-refractivity contribution >= 4 is 29.2 Å². The fourth-order valence-electron chi connectivity index (χ4n) is 3.95. The summed E-state index contributed by atoms with van der Waals surface area (Å²) in [7, 11) is 1.31. The molecule has 0 bridgehead atoms. The number of halogens is 1. The number of hydrogen-bond donors (Lipinski definition) is 3. The van der Waals surface area contributed by atoms with Gasteiger partial charge in [0, 0.05) is 29.6 Å². The number of aryl methyl sites for hydroxylation is 1. The van der Waals surface area contributed by atoms with Crippen LogP contribution in [0.4, 0.5) is 15.8 Å². The summed E-state index contributed by atoms with van der Waals surface area (Å²) in [5, 5.41) is 5.37. The lowest BCUT2D eigenvalue weighted by molar-refractivity contribution is 0.0599. The van der Waals surface area contributed by atoms with Crippen LogP contribution >= 0.6 is 0 Å². The van der Waals surface area contributed by atoms with Gasteiger partial charge in [-0.3, -0.25) is 14.6 Å². The highest BCUT2D eigenvalue weighted by Crippen LogP contribution is 2.27. The maximum atomic E-state index is 13.9. The number of carbonyl (C=O) groups excluding carboxylic acids is 3. The second-order valence-electron chi connectivity index (χ2n) is 8.44. The number of amides is 2. The molecule has 38 heavy (non-hydrogen) atoms. The van der Waals surface area contributed by atoms with E-state index in [1.54, 1.807) is 61.5 Å². The Morgan fingerprint density at radius 3 is 2.42 bits per heavy atom. The van der Waals surface area contributed by atoms with Crippen LogP contribution in [-0.4, -0.2) is 29.9 Å². The van der Waals surface area contributed by atoms with E-state index in [4.69, 9.17) is 10.5 Å². The second-order valence-corrected chi connectivity index (χ2v) is 8.44. The van der Waals surface area contributed by atoms with Crippen LogP contribution in [0.25, 0.3) is 11.1 Å². The molecule has 4 aromatic rings. The molecule has 1 heterocycles. The molecule has 4 rings (SSSR count). The van der Waals surface area contributed by atoms with Gasteiger partial charge in [0.15, 0.2) is 5.82 Å². The van der Waals surface area contributed by atoms with Crippen molar-refractivity contribution in [3.8, 4) is 11.1 Å². The molecule has 8 nitrogen and oxygen atoms in total. The largest absolute Gasteiger partial charge is 0.465 e. The van der Waals surface area contributed by atoms with E-state index in [2.05, 4.69) is 15.6 Å². The molecule has 3 aromatic carbocycles. The summed E-state index contributed by atoms with van der Waals surface area (Å²) in [4.78, 5) is 41.3.